The molecule has 0 unspecified atom stereocenters. The Labute approximate surface area is 155 Å². The van der Waals surface area contributed by atoms with Crippen LogP contribution in [0.15, 0.2) is 48.8 Å². The van der Waals surface area contributed by atoms with Crippen LogP contribution in [0.1, 0.15) is 24.8 Å². The number of amides is 1. The minimum atomic E-state index is 0.138. The summed E-state index contributed by atoms with van der Waals surface area (Å²) in [6, 6.07) is 12.2. The summed E-state index contributed by atoms with van der Waals surface area (Å²) in [5.41, 5.74) is 1.29. The molecule has 1 saturated heterocycles. The first kappa shape index (κ1) is 18.3. The smallest absolute Gasteiger partial charge is 0.275 e. The fourth-order valence-electron chi connectivity index (χ4n) is 3.40. The number of anilines is 1. The Bertz CT molecular complexity index is 671. The molecule has 1 atom stereocenters. The van der Waals surface area contributed by atoms with Crippen LogP contribution in [0.4, 0.5) is 5.95 Å². The first-order valence-electron chi connectivity index (χ1n) is 9.43. The average molecular weight is 354 g/mol. The number of benzene rings is 1. The quantitative estimate of drug-likeness (QED) is 0.760. The van der Waals surface area contributed by atoms with Gasteiger partial charge >= 0.3 is 0 Å². The normalized spacial score (nSPS) is 16.3. The first-order chi connectivity index (χ1) is 12.8. The molecule has 6 heteroatoms. The summed E-state index contributed by atoms with van der Waals surface area (Å²) in [4.78, 5) is 24.5. The molecule has 1 aromatic carbocycles. The van der Waals surface area contributed by atoms with Gasteiger partial charge in [0.2, 0.25) is 5.95 Å². The first-order valence-corrected chi connectivity index (χ1v) is 9.43. The van der Waals surface area contributed by atoms with Gasteiger partial charge < -0.3 is 15.1 Å². The van der Waals surface area contributed by atoms with Crippen LogP contribution in [0.3, 0.4) is 0 Å². The van der Waals surface area contributed by atoms with E-state index in [-0.39, 0.29) is 5.91 Å². The minimum Gasteiger partial charge on any atom is -0.351 e. The lowest BCUT2D eigenvalue weighted by Gasteiger charge is -2.31. The second-order valence-corrected chi connectivity index (χ2v) is 6.78. The summed E-state index contributed by atoms with van der Waals surface area (Å²) in [7, 11) is 0. The van der Waals surface area contributed by atoms with E-state index in [2.05, 4.69) is 51.4 Å². The van der Waals surface area contributed by atoms with Crippen molar-refractivity contribution in [2.24, 2.45) is 0 Å². The molecule has 2 aromatic rings. The lowest BCUT2D eigenvalue weighted by Crippen LogP contribution is -3.16. The molecular weight excluding hydrogens is 326 g/mol. The van der Waals surface area contributed by atoms with Crippen molar-refractivity contribution in [2.45, 2.75) is 19.3 Å². The monoisotopic (exact) mass is 354 g/mol. The van der Waals surface area contributed by atoms with Gasteiger partial charge in [0.25, 0.3) is 5.91 Å². The van der Waals surface area contributed by atoms with Crippen molar-refractivity contribution < 1.29 is 9.69 Å². The van der Waals surface area contributed by atoms with Crippen molar-refractivity contribution in [1.82, 2.24) is 15.3 Å². The van der Waals surface area contributed by atoms with E-state index < -0.39 is 0 Å². The molecule has 0 bridgehead atoms. The van der Waals surface area contributed by atoms with Gasteiger partial charge in [0.1, 0.15) is 0 Å². The van der Waals surface area contributed by atoms with E-state index in [0.29, 0.717) is 19.0 Å². The highest BCUT2D eigenvalue weighted by Crippen LogP contribution is 2.17. The maximum absolute atomic E-state index is 12.3. The molecule has 1 aliphatic heterocycles. The lowest BCUT2D eigenvalue weighted by atomic mass is 9.96. The van der Waals surface area contributed by atoms with E-state index >= 15 is 0 Å². The summed E-state index contributed by atoms with van der Waals surface area (Å²) in [5, 5.41) is 3.12. The third-order valence-corrected chi connectivity index (χ3v) is 5.03. The number of carbonyl (C=O) groups excluding carboxylic acids is 1. The number of hydrogen-bond acceptors (Lipinski definition) is 4. The number of quaternary nitrogens is 1. The van der Waals surface area contributed by atoms with Gasteiger partial charge in [-0.15, -0.1) is 0 Å². The Balaban J connectivity index is 1.41. The zero-order valence-corrected chi connectivity index (χ0v) is 15.4. The predicted octanol–water partition coefficient (Wildman–Crippen LogP) is 0.492. The Morgan fingerprint density at radius 3 is 2.50 bits per heavy atom. The molecule has 0 aliphatic carbocycles. The van der Waals surface area contributed by atoms with Crippen molar-refractivity contribution in [3.63, 3.8) is 0 Å². The van der Waals surface area contributed by atoms with E-state index in [9.17, 15) is 4.79 Å². The Morgan fingerprint density at radius 2 is 1.85 bits per heavy atom. The predicted molar refractivity (Wildman–Crippen MR) is 102 cm³/mol. The van der Waals surface area contributed by atoms with Gasteiger partial charge in [-0.3, -0.25) is 4.79 Å². The van der Waals surface area contributed by atoms with E-state index in [1.807, 2.05) is 12.1 Å². The molecule has 1 amide bonds. The largest absolute Gasteiger partial charge is 0.351 e. The third kappa shape index (κ3) is 5.02. The van der Waals surface area contributed by atoms with Gasteiger partial charge in [0.15, 0.2) is 6.54 Å². The number of piperazine rings is 1. The number of hydrogen-bond donors (Lipinski definition) is 2. The van der Waals surface area contributed by atoms with Crippen LogP contribution < -0.4 is 15.1 Å². The summed E-state index contributed by atoms with van der Waals surface area (Å²) < 4.78 is 0. The summed E-state index contributed by atoms with van der Waals surface area (Å²) in [5.74, 6) is 1.30. The van der Waals surface area contributed by atoms with Crippen molar-refractivity contribution in [3.05, 3.63) is 54.4 Å². The molecule has 1 aromatic heterocycles. The fourth-order valence-corrected chi connectivity index (χ4v) is 3.40. The van der Waals surface area contributed by atoms with Gasteiger partial charge in [-0.25, -0.2) is 9.97 Å². The van der Waals surface area contributed by atoms with Crippen LogP contribution in [0, 0.1) is 0 Å². The topological polar surface area (TPSA) is 62.6 Å². The van der Waals surface area contributed by atoms with E-state index in [0.717, 1.165) is 38.5 Å². The van der Waals surface area contributed by atoms with Crippen LogP contribution in [-0.4, -0.2) is 55.1 Å². The van der Waals surface area contributed by atoms with Crippen LogP contribution in [0.5, 0.6) is 0 Å². The molecule has 0 radical (unpaired) electrons. The third-order valence-electron chi connectivity index (χ3n) is 5.03. The van der Waals surface area contributed by atoms with Gasteiger partial charge in [-0.2, -0.15) is 0 Å². The highest BCUT2D eigenvalue weighted by atomic mass is 16.2. The molecule has 2 heterocycles. The van der Waals surface area contributed by atoms with Gasteiger partial charge in [0.05, 0.1) is 26.2 Å². The molecule has 1 fully saturated rings. The van der Waals surface area contributed by atoms with Crippen LogP contribution >= 0.6 is 0 Å². The van der Waals surface area contributed by atoms with Crippen molar-refractivity contribution in [3.8, 4) is 0 Å². The Hall–Kier alpha value is -2.47. The van der Waals surface area contributed by atoms with E-state index in [1.165, 1.54) is 10.5 Å². The number of nitrogens with zero attached hydrogens (tertiary/aromatic N) is 3. The fraction of sp³-hybridized carbons (Fsp3) is 0.450. The van der Waals surface area contributed by atoms with E-state index in [4.69, 9.17) is 0 Å². The van der Waals surface area contributed by atoms with Crippen LogP contribution in [0.2, 0.25) is 0 Å². The summed E-state index contributed by atoms with van der Waals surface area (Å²) in [6.07, 6.45) is 4.56. The standard InChI is InChI=1S/C20H27N5O/c1-2-17(18-7-4-3-5-8-18)15-23-19(26)16-24-11-13-25(14-12-24)20-21-9-6-10-22-20/h3-10,17H,2,11-16H2,1H3,(H,23,26)/p+1/t17-/m0/s1. The molecule has 2 N–H and O–H groups in total. The molecule has 6 nitrogen and oxygen atoms in total. The molecule has 0 saturated carbocycles. The Kier molecular flexibility index (Phi) is 6.55. The number of nitrogens with one attached hydrogen (secondary N) is 2. The minimum absolute atomic E-state index is 0.138. The maximum atomic E-state index is 12.3. The van der Waals surface area contributed by atoms with Crippen molar-refractivity contribution in [1.29, 1.82) is 0 Å². The average Bonchev–Trinajstić information content (AvgIpc) is 2.70. The van der Waals surface area contributed by atoms with Gasteiger partial charge in [-0.05, 0) is 18.1 Å². The summed E-state index contributed by atoms with van der Waals surface area (Å²) in [6.45, 7) is 7.04. The Morgan fingerprint density at radius 1 is 1.15 bits per heavy atom. The maximum Gasteiger partial charge on any atom is 0.275 e. The van der Waals surface area contributed by atoms with Crippen LogP contribution in [0.25, 0.3) is 0 Å². The molecule has 0 spiro atoms. The van der Waals surface area contributed by atoms with Gasteiger partial charge in [-0.1, -0.05) is 37.3 Å². The molecule has 138 valence electrons. The molecular formula is C20H28N5O+. The summed E-state index contributed by atoms with van der Waals surface area (Å²) >= 11 is 0. The second-order valence-electron chi connectivity index (χ2n) is 6.78. The van der Waals surface area contributed by atoms with Gasteiger partial charge in [0, 0.05) is 24.9 Å². The zero-order chi connectivity index (χ0) is 18.2. The zero-order valence-electron chi connectivity index (χ0n) is 15.4. The molecule has 26 heavy (non-hydrogen) atoms. The van der Waals surface area contributed by atoms with Crippen molar-refractivity contribution >= 4 is 11.9 Å². The SMILES string of the molecule is CC[C@@H](CNC(=O)C[NH+]1CCN(c2ncccn2)CC1)c1ccccc1. The lowest BCUT2D eigenvalue weighted by molar-refractivity contribution is -0.892. The highest BCUT2D eigenvalue weighted by molar-refractivity contribution is 5.76. The molecule has 1 aliphatic rings. The van der Waals surface area contributed by atoms with Crippen molar-refractivity contribution in [2.75, 3.05) is 44.2 Å². The number of aromatic nitrogens is 2. The number of rotatable bonds is 7. The van der Waals surface area contributed by atoms with E-state index in [1.54, 1.807) is 12.4 Å². The highest BCUT2D eigenvalue weighted by Gasteiger charge is 2.23. The number of carbonyl (C=O) groups is 1. The molecule has 3 rings (SSSR count). The van der Waals surface area contributed by atoms with Crippen LogP contribution in [-0.2, 0) is 4.79 Å². The second kappa shape index (κ2) is 9.29.